The summed E-state index contributed by atoms with van der Waals surface area (Å²) in [5.74, 6) is -0.667. The Hall–Kier alpha value is -0.850. The molecule has 1 aromatic heterocycles. The van der Waals surface area contributed by atoms with Gasteiger partial charge in [-0.05, 0) is 12.1 Å². The third kappa shape index (κ3) is 3.08. The van der Waals surface area contributed by atoms with Gasteiger partial charge in [-0.1, -0.05) is 27.5 Å². The third-order valence-electron chi connectivity index (χ3n) is 2.00. The van der Waals surface area contributed by atoms with Gasteiger partial charge in [-0.25, -0.2) is 9.37 Å². The number of nitrogens with one attached hydrogen (secondary N) is 1. The third-order valence-corrected chi connectivity index (χ3v) is 3.57. The van der Waals surface area contributed by atoms with Crippen molar-refractivity contribution in [1.29, 1.82) is 0 Å². The van der Waals surface area contributed by atoms with Crippen molar-refractivity contribution in [2.24, 2.45) is 0 Å². The second-order valence-corrected chi connectivity index (χ2v) is 5.83. The van der Waals surface area contributed by atoms with Crippen LogP contribution in [0, 0.1) is 5.82 Å². The molecule has 0 bridgehead atoms. The molecule has 0 saturated carbocycles. The second-order valence-electron chi connectivity index (χ2n) is 3.21. The molecule has 1 aromatic carbocycles. The van der Waals surface area contributed by atoms with E-state index in [1.807, 2.05) is 0 Å². The highest BCUT2D eigenvalue weighted by molar-refractivity contribution is 9.10. The van der Waals surface area contributed by atoms with Gasteiger partial charge in [-0.2, -0.15) is 0 Å². The smallest absolute Gasteiger partial charge is 0.183 e. The Kier molecular flexibility index (Phi) is 3.86. The van der Waals surface area contributed by atoms with Crippen molar-refractivity contribution in [3.63, 3.8) is 0 Å². The van der Waals surface area contributed by atoms with Gasteiger partial charge in [0.05, 0.1) is 6.54 Å². The van der Waals surface area contributed by atoms with Crippen LogP contribution in [0.1, 0.15) is 4.88 Å². The normalized spacial score (nSPS) is 10.5. The first-order valence-corrected chi connectivity index (χ1v) is 6.57. The van der Waals surface area contributed by atoms with Crippen LogP contribution in [0.4, 0.5) is 10.1 Å². The molecule has 0 unspecified atom stereocenters. The summed E-state index contributed by atoms with van der Waals surface area (Å²) in [7, 11) is 0. The van der Waals surface area contributed by atoms with Crippen LogP contribution in [0.15, 0.2) is 22.8 Å². The molecule has 7 heteroatoms. The monoisotopic (exact) mass is 336 g/mol. The van der Waals surface area contributed by atoms with E-state index in [0.717, 1.165) is 4.88 Å². The van der Waals surface area contributed by atoms with Crippen molar-refractivity contribution in [3.05, 3.63) is 38.0 Å². The fraction of sp³-hybridized carbons (Fsp3) is 0.100. The summed E-state index contributed by atoms with van der Waals surface area (Å²) in [6.45, 7) is 0.358. The molecule has 0 aliphatic rings. The van der Waals surface area contributed by atoms with E-state index in [0.29, 0.717) is 15.5 Å². The predicted molar refractivity (Wildman–Crippen MR) is 70.2 cm³/mol. The van der Waals surface area contributed by atoms with Crippen LogP contribution in [-0.2, 0) is 6.54 Å². The molecule has 0 aliphatic carbocycles. The van der Waals surface area contributed by atoms with Gasteiger partial charge in [-0.15, -0.1) is 11.3 Å². The number of thiazole rings is 1. The van der Waals surface area contributed by atoms with Gasteiger partial charge in [-0.3, -0.25) is 0 Å². The van der Waals surface area contributed by atoms with Crippen LogP contribution in [0.5, 0.6) is 5.75 Å². The lowest BCUT2D eigenvalue weighted by molar-refractivity contribution is 0.471. The van der Waals surface area contributed by atoms with Crippen molar-refractivity contribution < 1.29 is 9.50 Å². The first-order valence-electron chi connectivity index (χ1n) is 4.58. The molecule has 1 heterocycles. The van der Waals surface area contributed by atoms with Gasteiger partial charge in [0.25, 0.3) is 0 Å². The van der Waals surface area contributed by atoms with Crippen LogP contribution in [-0.4, -0.2) is 10.1 Å². The molecule has 0 aliphatic heterocycles. The maximum atomic E-state index is 13.5. The van der Waals surface area contributed by atoms with Crippen LogP contribution in [0.2, 0.25) is 4.47 Å². The molecule has 2 rings (SSSR count). The molecule has 17 heavy (non-hydrogen) atoms. The minimum atomic E-state index is -0.521. The Morgan fingerprint density at radius 3 is 2.88 bits per heavy atom. The Labute approximate surface area is 114 Å². The highest BCUT2D eigenvalue weighted by atomic mass is 79.9. The van der Waals surface area contributed by atoms with Gasteiger partial charge >= 0.3 is 0 Å². The number of hydrogen-bond acceptors (Lipinski definition) is 4. The van der Waals surface area contributed by atoms with Gasteiger partial charge in [0, 0.05) is 15.5 Å². The summed E-state index contributed by atoms with van der Waals surface area (Å²) in [5.41, 5.74) is 0.0673. The molecular formula is C10H7BrClFN2OS. The largest absolute Gasteiger partial charge is 0.506 e. The standard InChI is InChI=1S/C10H7BrClFN2OS/c11-5-1-7(13)9(8(16)2-5)14-3-6-4-15-10(12)17-6/h1-2,4,14,16H,3H2. The molecule has 0 amide bonds. The maximum absolute atomic E-state index is 13.5. The molecular weight excluding hydrogens is 331 g/mol. The molecule has 2 aromatic rings. The quantitative estimate of drug-likeness (QED) is 0.832. The Morgan fingerprint density at radius 2 is 2.29 bits per heavy atom. The number of nitrogens with zero attached hydrogens (tertiary/aromatic N) is 1. The maximum Gasteiger partial charge on any atom is 0.183 e. The SMILES string of the molecule is Oc1cc(Br)cc(F)c1NCc1cnc(Cl)s1. The fourth-order valence-electron chi connectivity index (χ4n) is 1.28. The van der Waals surface area contributed by atoms with E-state index in [9.17, 15) is 9.50 Å². The zero-order valence-electron chi connectivity index (χ0n) is 8.38. The van der Waals surface area contributed by atoms with Crippen molar-refractivity contribution in [2.75, 3.05) is 5.32 Å². The molecule has 3 nitrogen and oxygen atoms in total. The highest BCUT2D eigenvalue weighted by Crippen LogP contribution is 2.31. The Balaban J connectivity index is 2.14. The number of aromatic nitrogens is 1. The van der Waals surface area contributed by atoms with E-state index in [-0.39, 0.29) is 11.4 Å². The number of hydrogen-bond donors (Lipinski definition) is 2. The lowest BCUT2D eigenvalue weighted by atomic mass is 10.2. The number of aromatic hydroxyl groups is 1. The van der Waals surface area contributed by atoms with E-state index in [1.165, 1.54) is 23.5 Å². The lowest BCUT2D eigenvalue weighted by Gasteiger charge is -2.08. The van der Waals surface area contributed by atoms with Crippen molar-refractivity contribution >= 4 is 44.6 Å². The van der Waals surface area contributed by atoms with Crippen LogP contribution < -0.4 is 5.32 Å². The van der Waals surface area contributed by atoms with Gasteiger partial charge < -0.3 is 10.4 Å². The number of phenolic OH excluding ortho intramolecular Hbond substituents is 1. The van der Waals surface area contributed by atoms with Crippen molar-refractivity contribution in [1.82, 2.24) is 4.98 Å². The summed E-state index contributed by atoms with van der Waals surface area (Å²) < 4.78 is 14.4. The zero-order chi connectivity index (χ0) is 12.4. The van der Waals surface area contributed by atoms with Crippen LogP contribution >= 0.6 is 38.9 Å². The number of anilines is 1. The van der Waals surface area contributed by atoms with E-state index in [4.69, 9.17) is 11.6 Å². The van der Waals surface area contributed by atoms with Gasteiger partial charge in [0.2, 0.25) is 0 Å². The molecule has 0 radical (unpaired) electrons. The van der Waals surface area contributed by atoms with E-state index >= 15 is 0 Å². The number of phenols is 1. The van der Waals surface area contributed by atoms with E-state index in [2.05, 4.69) is 26.2 Å². The zero-order valence-corrected chi connectivity index (χ0v) is 11.5. The topological polar surface area (TPSA) is 45.1 Å². The lowest BCUT2D eigenvalue weighted by Crippen LogP contribution is -2.00. The number of rotatable bonds is 3. The van der Waals surface area contributed by atoms with Crippen molar-refractivity contribution in [3.8, 4) is 5.75 Å². The number of halogens is 3. The summed E-state index contributed by atoms with van der Waals surface area (Å²) in [5, 5.41) is 12.4. The van der Waals surface area contributed by atoms with Crippen molar-refractivity contribution in [2.45, 2.75) is 6.54 Å². The van der Waals surface area contributed by atoms with E-state index < -0.39 is 5.82 Å². The van der Waals surface area contributed by atoms with Gasteiger partial charge in [0.1, 0.15) is 11.4 Å². The molecule has 0 fully saturated rings. The molecule has 0 spiro atoms. The molecule has 0 atom stereocenters. The summed E-state index contributed by atoms with van der Waals surface area (Å²) >= 11 is 10.1. The first kappa shape index (κ1) is 12.6. The minimum Gasteiger partial charge on any atom is -0.506 e. The van der Waals surface area contributed by atoms with E-state index in [1.54, 1.807) is 6.20 Å². The summed E-state index contributed by atoms with van der Waals surface area (Å²) in [6.07, 6.45) is 1.60. The highest BCUT2D eigenvalue weighted by Gasteiger charge is 2.10. The predicted octanol–water partition coefficient (Wildman–Crippen LogP) is 4.02. The minimum absolute atomic E-state index is 0.0673. The Morgan fingerprint density at radius 1 is 1.53 bits per heavy atom. The average Bonchev–Trinajstić information content (AvgIpc) is 2.62. The van der Waals surface area contributed by atoms with Gasteiger partial charge in [0.15, 0.2) is 10.3 Å². The summed E-state index contributed by atoms with van der Waals surface area (Å²) in [6, 6.07) is 2.70. The number of benzene rings is 1. The molecule has 0 saturated heterocycles. The fourth-order valence-corrected chi connectivity index (χ4v) is 2.61. The summed E-state index contributed by atoms with van der Waals surface area (Å²) in [4.78, 5) is 4.73. The molecule has 2 N–H and O–H groups in total. The molecule has 90 valence electrons. The first-order chi connectivity index (χ1) is 8.06. The second kappa shape index (κ2) is 5.20. The van der Waals surface area contributed by atoms with Crippen LogP contribution in [0.25, 0.3) is 0 Å². The van der Waals surface area contributed by atoms with Crippen LogP contribution in [0.3, 0.4) is 0 Å². The average molecular weight is 338 g/mol. The Bertz CT molecular complexity index is 526.